The highest BCUT2D eigenvalue weighted by atomic mass is 16.6. The molecule has 144 valence electrons. The number of non-ortho nitro benzene ring substituents is 1. The Morgan fingerprint density at radius 2 is 1.96 bits per heavy atom. The molecule has 0 unspecified atom stereocenters. The van der Waals surface area contributed by atoms with Crippen LogP contribution in [0.2, 0.25) is 0 Å². The molecule has 7 nitrogen and oxygen atoms in total. The molecular weight excluding hydrogens is 360 g/mol. The van der Waals surface area contributed by atoms with Crippen LogP contribution in [0, 0.1) is 10.1 Å². The molecule has 0 atom stereocenters. The van der Waals surface area contributed by atoms with Crippen LogP contribution < -0.4 is 0 Å². The molecule has 0 spiro atoms. The minimum Gasteiger partial charge on any atom is -0.463 e. The molecule has 0 radical (unpaired) electrons. The van der Waals surface area contributed by atoms with Crippen LogP contribution in [0.3, 0.4) is 0 Å². The van der Waals surface area contributed by atoms with E-state index in [-0.39, 0.29) is 17.6 Å². The van der Waals surface area contributed by atoms with Crippen molar-refractivity contribution in [2.75, 3.05) is 13.2 Å². The number of esters is 1. The molecule has 1 aliphatic rings. The maximum atomic E-state index is 12.7. The van der Waals surface area contributed by atoms with E-state index < -0.39 is 4.92 Å². The van der Waals surface area contributed by atoms with Crippen molar-refractivity contribution in [1.29, 1.82) is 0 Å². The molecule has 2 aromatic rings. The zero-order valence-corrected chi connectivity index (χ0v) is 15.5. The van der Waals surface area contributed by atoms with E-state index in [9.17, 15) is 19.7 Å². The van der Waals surface area contributed by atoms with Crippen molar-refractivity contribution in [3.63, 3.8) is 0 Å². The van der Waals surface area contributed by atoms with Crippen molar-refractivity contribution in [3.05, 3.63) is 80.9 Å². The Kier molecular flexibility index (Phi) is 5.84. The minimum atomic E-state index is -0.489. The Bertz CT molecular complexity index is 934. The van der Waals surface area contributed by atoms with E-state index in [1.54, 1.807) is 17.9 Å². The monoisotopic (exact) mass is 380 g/mol. The van der Waals surface area contributed by atoms with Gasteiger partial charge in [0.15, 0.2) is 0 Å². The molecule has 0 bridgehead atoms. The summed E-state index contributed by atoms with van der Waals surface area (Å²) in [6.45, 7) is 3.07. The summed E-state index contributed by atoms with van der Waals surface area (Å²) >= 11 is 0. The summed E-state index contributed by atoms with van der Waals surface area (Å²) < 4.78 is 4.91. The second-order valence-electron chi connectivity index (χ2n) is 6.35. The number of nitrogens with zero attached hydrogens (tertiary/aromatic N) is 2. The number of ether oxygens (including phenoxy) is 1. The quantitative estimate of drug-likeness (QED) is 0.343. The Labute approximate surface area is 162 Å². The van der Waals surface area contributed by atoms with Gasteiger partial charge in [0.25, 0.3) is 11.6 Å². The number of carbonyl (C=O) groups excluding carboxylic acids is 2. The first kappa shape index (κ1) is 19.3. The summed E-state index contributed by atoms with van der Waals surface area (Å²) in [7, 11) is 0. The van der Waals surface area contributed by atoms with E-state index in [4.69, 9.17) is 4.74 Å². The van der Waals surface area contributed by atoms with Crippen molar-refractivity contribution in [1.82, 2.24) is 4.90 Å². The van der Waals surface area contributed by atoms with Gasteiger partial charge in [0, 0.05) is 36.9 Å². The number of benzene rings is 2. The lowest BCUT2D eigenvalue weighted by atomic mass is 9.94. The first-order chi connectivity index (χ1) is 13.5. The van der Waals surface area contributed by atoms with Gasteiger partial charge >= 0.3 is 5.97 Å². The van der Waals surface area contributed by atoms with Gasteiger partial charge in [-0.25, -0.2) is 4.79 Å². The average Bonchev–Trinajstić information content (AvgIpc) is 2.71. The first-order valence-corrected chi connectivity index (χ1v) is 8.99. The summed E-state index contributed by atoms with van der Waals surface area (Å²) in [4.78, 5) is 36.3. The smallest absolute Gasteiger partial charge is 0.330 e. The number of nitro groups is 1. The van der Waals surface area contributed by atoms with E-state index in [2.05, 4.69) is 0 Å². The van der Waals surface area contributed by atoms with Crippen LogP contribution in [-0.2, 0) is 22.5 Å². The standard InChI is InChI=1S/C21H20N2O5/c1-2-28-20(24)11-8-15-4-3-5-17-14-22(13-12-19(15)17)21(25)16-6-9-18(10-7-16)23(26)27/h3-11H,2,12-14H2,1H3/b11-8+. The highest BCUT2D eigenvalue weighted by Gasteiger charge is 2.23. The SMILES string of the molecule is CCOC(=O)/C=C/c1cccc2c1CCN(C(=O)c1ccc([N+](=O)[O-])cc1)C2. The average molecular weight is 380 g/mol. The predicted octanol–water partition coefficient (Wildman–Crippen LogP) is 3.37. The summed E-state index contributed by atoms with van der Waals surface area (Å²) in [5.41, 5.74) is 3.45. The third-order valence-corrected chi connectivity index (χ3v) is 4.60. The topological polar surface area (TPSA) is 89.8 Å². The van der Waals surface area contributed by atoms with E-state index in [1.807, 2.05) is 18.2 Å². The van der Waals surface area contributed by atoms with Gasteiger partial charge in [-0.2, -0.15) is 0 Å². The van der Waals surface area contributed by atoms with E-state index >= 15 is 0 Å². The van der Waals surface area contributed by atoms with Crippen molar-refractivity contribution in [2.24, 2.45) is 0 Å². The normalized spacial score (nSPS) is 13.2. The molecular formula is C21H20N2O5. The Morgan fingerprint density at radius 3 is 2.64 bits per heavy atom. The summed E-state index contributed by atoms with van der Waals surface area (Å²) in [5, 5.41) is 10.8. The van der Waals surface area contributed by atoms with Gasteiger partial charge in [0.1, 0.15) is 0 Å². The Balaban J connectivity index is 1.75. The molecule has 7 heteroatoms. The van der Waals surface area contributed by atoms with Crippen LogP contribution in [-0.4, -0.2) is 34.9 Å². The molecule has 0 aliphatic carbocycles. The second kappa shape index (κ2) is 8.47. The van der Waals surface area contributed by atoms with Crippen molar-refractivity contribution >= 4 is 23.6 Å². The number of hydrogen-bond acceptors (Lipinski definition) is 5. The molecule has 1 aliphatic heterocycles. The highest BCUT2D eigenvalue weighted by Crippen LogP contribution is 2.25. The van der Waals surface area contributed by atoms with Crippen LogP contribution in [0.1, 0.15) is 34.0 Å². The van der Waals surface area contributed by atoms with E-state index in [0.29, 0.717) is 31.7 Å². The van der Waals surface area contributed by atoms with Crippen LogP contribution in [0.25, 0.3) is 6.08 Å². The van der Waals surface area contributed by atoms with E-state index in [1.165, 1.54) is 30.3 Å². The molecule has 1 heterocycles. The number of hydrogen-bond donors (Lipinski definition) is 0. The number of amides is 1. The number of carbonyl (C=O) groups is 2. The van der Waals surface area contributed by atoms with Crippen LogP contribution in [0.5, 0.6) is 0 Å². The van der Waals surface area contributed by atoms with Crippen molar-refractivity contribution in [3.8, 4) is 0 Å². The molecule has 0 saturated carbocycles. The zero-order chi connectivity index (χ0) is 20.1. The lowest BCUT2D eigenvalue weighted by Gasteiger charge is -2.30. The number of fused-ring (bicyclic) bond motifs is 1. The summed E-state index contributed by atoms with van der Waals surface area (Å²) in [5.74, 6) is -0.543. The minimum absolute atomic E-state index is 0.0430. The fourth-order valence-corrected chi connectivity index (χ4v) is 3.22. The van der Waals surface area contributed by atoms with Crippen molar-refractivity contribution in [2.45, 2.75) is 19.9 Å². The molecule has 3 rings (SSSR count). The van der Waals surface area contributed by atoms with Gasteiger partial charge in [0.2, 0.25) is 0 Å². The maximum Gasteiger partial charge on any atom is 0.330 e. The lowest BCUT2D eigenvalue weighted by Crippen LogP contribution is -2.36. The van der Waals surface area contributed by atoms with E-state index in [0.717, 1.165) is 16.7 Å². The molecule has 0 saturated heterocycles. The number of rotatable bonds is 5. The molecule has 0 fully saturated rings. The van der Waals surface area contributed by atoms with Crippen LogP contribution in [0.15, 0.2) is 48.5 Å². The largest absolute Gasteiger partial charge is 0.463 e. The molecule has 28 heavy (non-hydrogen) atoms. The summed E-state index contributed by atoms with van der Waals surface area (Å²) in [6, 6.07) is 11.4. The third kappa shape index (κ3) is 4.25. The number of nitro benzene ring substituents is 1. The van der Waals surface area contributed by atoms with Crippen LogP contribution in [0.4, 0.5) is 5.69 Å². The van der Waals surface area contributed by atoms with Gasteiger partial charge in [-0.3, -0.25) is 14.9 Å². The predicted molar refractivity (Wildman–Crippen MR) is 104 cm³/mol. The van der Waals surface area contributed by atoms with Crippen molar-refractivity contribution < 1.29 is 19.2 Å². The van der Waals surface area contributed by atoms with Gasteiger partial charge in [-0.15, -0.1) is 0 Å². The highest BCUT2D eigenvalue weighted by molar-refractivity contribution is 5.94. The first-order valence-electron chi connectivity index (χ1n) is 8.99. The maximum absolute atomic E-state index is 12.7. The fourth-order valence-electron chi connectivity index (χ4n) is 3.22. The Hall–Kier alpha value is -3.48. The summed E-state index contributed by atoms with van der Waals surface area (Å²) in [6.07, 6.45) is 3.82. The van der Waals surface area contributed by atoms with Gasteiger partial charge in [0.05, 0.1) is 11.5 Å². The van der Waals surface area contributed by atoms with Gasteiger partial charge in [-0.05, 0) is 48.2 Å². The van der Waals surface area contributed by atoms with Gasteiger partial charge < -0.3 is 9.64 Å². The molecule has 0 aromatic heterocycles. The molecule has 2 aromatic carbocycles. The zero-order valence-electron chi connectivity index (χ0n) is 15.5. The third-order valence-electron chi connectivity index (χ3n) is 4.60. The van der Waals surface area contributed by atoms with Crippen LogP contribution >= 0.6 is 0 Å². The molecule has 0 N–H and O–H groups in total. The van der Waals surface area contributed by atoms with Gasteiger partial charge in [-0.1, -0.05) is 18.2 Å². The second-order valence-corrected chi connectivity index (χ2v) is 6.35. The fraction of sp³-hybridized carbons (Fsp3) is 0.238. The Morgan fingerprint density at radius 1 is 1.21 bits per heavy atom. The molecule has 1 amide bonds. The lowest BCUT2D eigenvalue weighted by molar-refractivity contribution is -0.384.